The molecule has 1 fully saturated rings. The normalized spacial score (nSPS) is 17.3. The zero-order valence-electron chi connectivity index (χ0n) is 17.4. The highest BCUT2D eigenvalue weighted by Crippen LogP contribution is 2.28. The van der Waals surface area contributed by atoms with Crippen LogP contribution in [0.3, 0.4) is 0 Å². The quantitative estimate of drug-likeness (QED) is 0.702. The molecular formula is C23H28N6. The van der Waals surface area contributed by atoms with Crippen molar-refractivity contribution in [1.29, 1.82) is 0 Å². The van der Waals surface area contributed by atoms with Gasteiger partial charge in [0.25, 0.3) is 0 Å². The second-order valence-electron chi connectivity index (χ2n) is 7.91. The highest BCUT2D eigenvalue weighted by atomic mass is 15.1. The molecule has 0 aromatic carbocycles. The number of aryl methyl sites for hydroxylation is 3. The Morgan fingerprint density at radius 2 is 1.93 bits per heavy atom. The lowest BCUT2D eigenvalue weighted by Crippen LogP contribution is -2.34. The molecule has 3 aromatic heterocycles. The van der Waals surface area contributed by atoms with E-state index in [1.165, 1.54) is 12.0 Å². The number of piperidine rings is 1. The molecule has 29 heavy (non-hydrogen) atoms. The Hall–Kier alpha value is -2.86. The molecule has 0 saturated carbocycles. The lowest BCUT2D eigenvalue weighted by atomic mass is 9.94. The third kappa shape index (κ3) is 5.15. The average molecular weight is 389 g/mol. The van der Waals surface area contributed by atoms with E-state index in [4.69, 9.17) is 4.98 Å². The number of nitrogens with one attached hydrogen (secondary N) is 1. The first-order chi connectivity index (χ1) is 14.0. The molecule has 0 bridgehead atoms. The van der Waals surface area contributed by atoms with Crippen molar-refractivity contribution in [2.45, 2.75) is 46.1 Å². The minimum Gasteiger partial charge on any atom is -0.325 e. The molecule has 1 aliphatic heterocycles. The Morgan fingerprint density at radius 1 is 1.03 bits per heavy atom. The van der Waals surface area contributed by atoms with E-state index in [1.54, 1.807) is 0 Å². The number of hydrogen-bond acceptors (Lipinski definition) is 6. The molecule has 0 amide bonds. The summed E-state index contributed by atoms with van der Waals surface area (Å²) in [5, 5.41) is 3.34. The van der Waals surface area contributed by atoms with Crippen molar-refractivity contribution in [3.05, 3.63) is 71.1 Å². The van der Waals surface area contributed by atoms with Gasteiger partial charge in [-0.05, 0) is 70.0 Å². The number of nitrogens with zero attached hydrogens (tertiary/aromatic N) is 5. The van der Waals surface area contributed by atoms with Crippen LogP contribution in [0, 0.1) is 20.8 Å². The van der Waals surface area contributed by atoms with Gasteiger partial charge in [-0.3, -0.25) is 9.88 Å². The zero-order valence-corrected chi connectivity index (χ0v) is 17.4. The van der Waals surface area contributed by atoms with E-state index in [-0.39, 0.29) is 0 Å². The molecule has 3 aromatic rings. The predicted octanol–water partition coefficient (Wildman–Crippen LogP) is 4.32. The van der Waals surface area contributed by atoms with Gasteiger partial charge in [0, 0.05) is 37.0 Å². The highest BCUT2D eigenvalue weighted by Gasteiger charge is 2.23. The first kappa shape index (κ1) is 19.5. The lowest BCUT2D eigenvalue weighted by molar-refractivity contribution is 0.196. The van der Waals surface area contributed by atoms with Crippen molar-refractivity contribution >= 4 is 11.6 Å². The van der Waals surface area contributed by atoms with Crippen molar-refractivity contribution in [2.24, 2.45) is 0 Å². The number of likely N-dealkylation sites (tertiary alicyclic amines) is 1. The number of anilines is 2. The van der Waals surface area contributed by atoms with Crippen molar-refractivity contribution < 1.29 is 0 Å². The van der Waals surface area contributed by atoms with Crippen LogP contribution in [0.15, 0.2) is 42.6 Å². The minimum atomic E-state index is 0.404. The van der Waals surface area contributed by atoms with Crippen LogP contribution in [0.2, 0.25) is 0 Å². The van der Waals surface area contributed by atoms with Crippen LogP contribution in [0.5, 0.6) is 0 Å². The molecule has 150 valence electrons. The van der Waals surface area contributed by atoms with E-state index in [9.17, 15) is 0 Å². The summed E-state index contributed by atoms with van der Waals surface area (Å²) in [6.45, 7) is 9.05. The van der Waals surface area contributed by atoms with Gasteiger partial charge >= 0.3 is 0 Å². The molecule has 1 unspecified atom stereocenters. The van der Waals surface area contributed by atoms with Crippen LogP contribution in [-0.2, 0) is 6.54 Å². The second kappa shape index (κ2) is 8.66. The van der Waals surface area contributed by atoms with E-state index >= 15 is 0 Å². The van der Waals surface area contributed by atoms with Crippen LogP contribution >= 0.6 is 0 Å². The first-order valence-electron chi connectivity index (χ1n) is 10.3. The van der Waals surface area contributed by atoms with Crippen molar-refractivity contribution in [2.75, 3.05) is 18.4 Å². The Balaban J connectivity index is 1.49. The number of pyridine rings is 2. The Bertz CT molecular complexity index is 987. The standard InChI is InChI=1S/C23H28N6/c1-16-9-10-24-22(12-16)28-23-13-21(26-18(3)27-23)19-7-5-11-29(14-19)15-20-8-4-6-17(2)25-20/h4,6,8-10,12-13,19H,5,7,11,14-15H2,1-3H3,(H,24,26,27,28). The minimum absolute atomic E-state index is 0.404. The number of aromatic nitrogens is 4. The molecular weight excluding hydrogens is 360 g/mol. The summed E-state index contributed by atoms with van der Waals surface area (Å²) >= 11 is 0. The summed E-state index contributed by atoms with van der Waals surface area (Å²) in [6, 6.07) is 12.3. The van der Waals surface area contributed by atoms with E-state index < -0.39 is 0 Å². The van der Waals surface area contributed by atoms with Crippen LogP contribution in [0.4, 0.5) is 11.6 Å². The Labute approximate surface area is 172 Å². The van der Waals surface area contributed by atoms with Gasteiger partial charge in [0.15, 0.2) is 0 Å². The third-order valence-electron chi connectivity index (χ3n) is 5.28. The molecule has 1 saturated heterocycles. The molecule has 6 heteroatoms. The van der Waals surface area contributed by atoms with Gasteiger partial charge in [-0.25, -0.2) is 15.0 Å². The Kier molecular flexibility index (Phi) is 5.81. The maximum atomic E-state index is 4.76. The molecule has 4 rings (SSSR count). The molecule has 1 aliphatic rings. The average Bonchev–Trinajstić information content (AvgIpc) is 2.68. The van der Waals surface area contributed by atoms with E-state index in [1.807, 2.05) is 38.2 Å². The van der Waals surface area contributed by atoms with Gasteiger partial charge in [0.1, 0.15) is 17.5 Å². The van der Waals surface area contributed by atoms with Crippen molar-refractivity contribution in [1.82, 2.24) is 24.8 Å². The monoisotopic (exact) mass is 388 g/mol. The number of rotatable bonds is 5. The van der Waals surface area contributed by atoms with E-state index in [0.717, 1.165) is 60.6 Å². The summed E-state index contributed by atoms with van der Waals surface area (Å²) in [7, 11) is 0. The number of hydrogen-bond donors (Lipinski definition) is 1. The summed E-state index contributed by atoms with van der Waals surface area (Å²) in [5.74, 6) is 2.81. The van der Waals surface area contributed by atoms with Gasteiger partial charge in [0.2, 0.25) is 0 Å². The summed E-state index contributed by atoms with van der Waals surface area (Å²) in [5.41, 5.74) is 4.48. The van der Waals surface area contributed by atoms with Gasteiger partial charge in [-0.15, -0.1) is 0 Å². The molecule has 0 spiro atoms. The first-order valence-corrected chi connectivity index (χ1v) is 10.3. The largest absolute Gasteiger partial charge is 0.325 e. The maximum absolute atomic E-state index is 4.76. The molecule has 6 nitrogen and oxygen atoms in total. The fourth-order valence-corrected chi connectivity index (χ4v) is 3.96. The van der Waals surface area contributed by atoms with Crippen LogP contribution in [0.1, 0.15) is 47.2 Å². The fourth-order valence-electron chi connectivity index (χ4n) is 3.96. The zero-order chi connectivity index (χ0) is 20.2. The molecule has 0 radical (unpaired) electrons. The van der Waals surface area contributed by atoms with E-state index in [0.29, 0.717) is 5.92 Å². The summed E-state index contributed by atoms with van der Waals surface area (Å²) in [4.78, 5) is 20.9. The summed E-state index contributed by atoms with van der Waals surface area (Å²) in [6.07, 6.45) is 4.13. The van der Waals surface area contributed by atoms with Crippen LogP contribution < -0.4 is 5.32 Å². The Morgan fingerprint density at radius 3 is 2.76 bits per heavy atom. The topological polar surface area (TPSA) is 66.8 Å². The van der Waals surface area contributed by atoms with Gasteiger partial charge < -0.3 is 5.32 Å². The molecule has 4 heterocycles. The van der Waals surface area contributed by atoms with Gasteiger partial charge in [-0.2, -0.15) is 0 Å². The third-order valence-corrected chi connectivity index (χ3v) is 5.28. The van der Waals surface area contributed by atoms with Crippen LogP contribution in [0.25, 0.3) is 0 Å². The van der Waals surface area contributed by atoms with E-state index in [2.05, 4.69) is 50.3 Å². The SMILES string of the molecule is Cc1ccnc(Nc2cc(C3CCCN(Cc4cccc(C)n4)C3)nc(C)n2)c1. The highest BCUT2D eigenvalue weighted by molar-refractivity contribution is 5.52. The molecule has 1 atom stereocenters. The fraction of sp³-hybridized carbons (Fsp3) is 0.391. The van der Waals surface area contributed by atoms with Gasteiger partial charge in [0.05, 0.1) is 11.4 Å². The molecule has 1 N–H and O–H groups in total. The maximum Gasteiger partial charge on any atom is 0.135 e. The predicted molar refractivity (Wildman–Crippen MR) is 115 cm³/mol. The second-order valence-corrected chi connectivity index (χ2v) is 7.91. The van der Waals surface area contributed by atoms with Crippen LogP contribution in [-0.4, -0.2) is 37.9 Å². The lowest BCUT2D eigenvalue weighted by Gasteiger charge is -2.32. The smallest absolute Gasteiger partial charge is 0.135 e. The van der Waals surface area contributed by atoms with Crippen molar-refractivity contribution in [3.63, 3.8) is 0 Å². The summed E-state index contributed by atoms with van der Waals surface area (Å²) < 4.78 is 0. The molecule has 0 aliphatic carbocycles. The van der Waals surface area contributed by atoms with Crippen molar-refractivity contribution in [3.8, 4) is 0 Å². The van der Waals surface area contributed by atoms with Gasteiger partial charge in [-0.1, -0.05) is 6.07 Å².